The van der Waals surface area contributed by atoms with Gasteiger partial charge in [-0.3, -0.25) is 5.10 Å². The monoisotopic (exact) mass is 446 g/mol. The Morgan fingerprint density at radius 2 is 2.00 bits per heavy atom. The van der Waals surface area contributed by atoms with Crippen molar-refractivity contribution in [3.63, 3.8) is 0 Å². The lowest BCUT2D eigenvalue weighted by Gasteiger charge is -2.24. The summed E-state index contributed by atoms with van der Waals surface area (Å²) >= 11 is 5.20. The van der Waals surface area contributed by atoms with E-state index in [1.54, 1.807) is 0 Å². The van der Waals surface area contributed by atoms with E-state index in [9.17, 15) is 0 Å². The summed E-state index contributed by atoms with van der Waals surface area (Å²) < 4.78 is 8.04. The molecular weight excluding hydrogens is 420 g/mol. The van der Waals surface area contributed by atoms with Crippen LogP contribution in [0.25, 0.3) is 22.0 Å². The second-order valence-corrected chi connectivity index (χ2v) is 8.67. The van der Waals surface area contributed by atoms with E-state index in [-0.39, 0.29) is 5.95 Å². The van der Waals surface area contributed by atoms with Crippen molar-refractivity contribution in [1.29, 1.82) is 0 Å². The Morgan fingerprint density at radius 3 is 2.75 bits per heavy atom. The predicted molar refractivity (Wildman–Crippen MR) is 131 cm³/mol. The highest BCUT2D eigenvalue weighted by atomic mass is 32.1. The van der Waals surface area contributed by atoms with Gasteiger partial charge in [0.25, 0.3) is 0 Å². The molecule has 0 atom stereocenters. The summed E-state index contributed by atoms with van der Waals surface area (Å²) in [6.07, 6.45) is 5.92. The smallest absolute Gasteiger partial charge is 0.239 e. The predicted octanol–water partition coefficient (Wildman–Crippen LogP) is 3.78. The van der Waals surface area contributed by atoms with Gasteiger partial charge >= 0.3 is 0 Å². The van der Waals surface area contributed by atoms with Crippen LogP contribution in [-0.2, 0) is 17.6 Å². The fourth-order valence-corrected chi connectivity index (χ4v) is 4.60. The van der Waals surface area contributed by atoms with Crippen LogP contribution in [0.3, 0.4) is 0 Å². The number of benzene rings is 2. The number of aromatic amines is 1. The largest absolute Gasteiger partial charge is 0.389 e. The number of rotatable bonds is 6. The van der Waals surface area contributed by atoms with Gasteiger partial charge in [-0.25, -0.2) is 0 Å². The van der Waals surface area contributed by atoms with E-state index < -0.39 is 0 Å². The quantitative estimate of drug-likeness (QED) is 0.389. The molecule has 1 aliphatic heterocycles. The van der Waals surface area contributed by atoms with Crippen LogP contribution < -0.4 is 11.5 Å². The Labute approximate surface area is 191 Å². The first kappa shape index (κ1) is 20.7. The number of H-pyrrole nitrogens is 1. The molecule has 3 heterocycles. The van der Waals surface area contributed by atoms with Crippen molar-refractivity contribution in [1.82, 2.24) is 19.7 Å². The van der Waals surface area contributed by atoms with Gasteiger partial charge in [-0.2, -0.15) is 4.98 Å². The number of hydrogen-bond donors (Lipinski definition) is 3. The minimum Gasteiger partial charge on any atom is -0.389 e. The Bertz CT molecular complexity index is 1270. The van der Waals surface area contributed by atoms with Gasteiger partial charge in [0.2, 0.25) is 5.95 Å². The Balaban J connectivity index is 1.55. The zero-order valence-corrected chi connectivity index (χ0v) is 18.6. The molecule has 0 amide bonds. The lowest BCUT2D eigenvalue weighted by atomic mass is 10.0. The average molecular weight is 447 g/mol. The Morgan fingerprint density at radius 1 is 1.16 bits per heavy atom. The zero-order valence-electron chi connectivity index (χ0n) is 17.8. The molecule has 2 aromatic carbocycles. The van der Waals surface area contributed by atoms with E-state index in [1.165, 1.54) is 22.0 Å². The number of ether oxygens (including phenoxy) is 1. The maximum atomic E-state index is 5.89. The highest BCUT2D eigenvalue weighted by Crippen LogP contribution is 2.36. The maximum absolute atomic E-state index is 5.89. The number of nitrogens with zero attached hydrogens (tertiary/aromatic N) is 3. The number of fused-ring (bicyclic) bond motifs is 1. The fourth-order valence-electron chi connectivity index (χ4n) is 4.47. The number of anilines is 1. The number of nitrogens with one attached hydrogen (secondary N) is 1. The first-order valence-corrected chi connectivity index (χ1v) is 11.3. The van der Waals surface area contributed by atoms with E-state index >= 15 is 0 Å². The summed E-state index contributed by atoms with van der Waals surface area (Å²) in [5, 5.41) is 8.03. The first-order chi connectivity index (χ1) is 15.6. The SMILES string of the molecule is NC(=S)c1cccc(-c2cn(C3CCOCC3)c3cc(CCc4nc(N)n[nH]4)ccc23)c1. The van der Waals surface area contributed by atoms with Crippen molar-refractivity contribution in [2.45, 2.75) is 31.7 Å². The summed E-state index contributed by atoms with van der Waals surface area (Å²) in [7, 11) is 0. The molecule has 4 aromatic rings. The number of hydrogen-bond acceptors (Lipinski definition) is 5. The van der Waals surface area contributed by atoms with Crippen LogP contribution in [0.4, 0.5) is 5.95 Å². The van der Waals surface area contributed by atoms with Crippen LogP contribution in [0.2, 0.25) is 0 Å². The van der Waals surface area contributed by atoms with Gasteiger partial charge in [-0.1, -0.05) is 42.5 Å². The standard InChI is InChI=1S/C24H26N6OS/c25-23(32)17-3-1-2-16(13-17)20-14-30(18-8-10-31-11-9-18)21-12-15(4-6-19(20)21)5-7-22-27-24(26)29-28-22/h1-4,6,12-14,18H,5,7-11H2,(H2,25,32)(H3,26,27,28,29). The van der Waals surface area contributed by atoms with Crippen molar-refractivity contribution in [3.05, 3.63) is 65.6 Å². The number of nitrogen functional groups attached to an aromatic ring is 1. The van der Waals surface area contributed by atoms with Crippen molar-refractivity contribution in [2.75, 3.05) is 18.9 Å². The second-order valence-electron chi connectivity index (χ2n) is 8.23. The van der Waals surface area contributed by atoms with E-state index in [0.717, 1.165) is 55.8 Å². The van der Waals surface area contributed by atoms with E-state index in [0.29, 0.717) is 11.0 Å². The van der Waals surface area contributed by atoms with E-state index in [4.69, 9.17) is 28.4 Å². The van der Waals surface area contributed by atoms with Crippen molar-refractivity contribution in [3.8, 4) is 11.1 Å². The summed E-state index contributed by atoms with van der Waals surface area (Å²) in [6.45, 7) is 1.59. The molecule has 5 N–H and O–H groups in total. The van der Waals surface area contributed by atoms with Gasteiger partial charge in [0.05, 0.1) is 0 Å². The van der Waals surface area contributed by atoms with Crippen LogP contribution >= 0.6 is 12.2 Å². The Hall–Kier alpha value is -3.23. The molecule has 164 valence electrons. The van der Waals surface area contributed by atoms with Gasteiger partial charge in [0.1, 0.15) is 10.8 Å². The fraction of sp³-hybridized carbons (Fsp3) is 0.292. The highest BCUT2D eigenvalue weighted by Gasteiger charge is 2.20. The van der Waals surface area contributed by atoms with Gasteiger partial charge in [0.15, 0.2) is 0 Å². The van der Waals surface area contributed by atoms with Gasteiger partial charge in [-0.05, 0) is 42.5 Å². The third-order valence-corrected chi connectivity index (χ3v) is 6.38. The first-order valence-electron chi connectivity index (χ1n) is 10.9. The molecule has 0 bridgehead atoms. The third-order valence-electron chi connectivity index (χ3n) is 6.14. The molecule has 0 unspecified atom stereocenters. The van der Waals surface area contributed by atoms with E-state index in [2.05, 4.69) is 56.3 Å². The van der Waals surface area contributed by atoms with Gasteiger partial charge < -0.3 is 20.8 Å². The summed E-state index contributed by atoms with van der Waals surface area (Å²) in [6, 6.07) is 15.3. The van der Waals surface area contributed by atoms with Crippen LogP contribution in [0.5, 0.6) is 0 Å². The molecule has 0 spiro atoms. The average Bonchev–Trinajstić information content (AvgIpc) is 3.41. The molecule has 2 aromatic heterocycles. The summed E-state index contributed by atoms with van der Waals surface area (Å²) in [4.78, 5) is 4.63. The maximum Gasteiger partial charge on any atom is 0.239 e. The molecule has 32 heavy (non-hydrogen) atoms. The Kier molecular flexibility index (Phi) is 5.63. The molecule has 7 nitrogen and oxygen atoms in total. The van der Waals surface area contributed by atoms with Gasteiger partial charge in [-0.15, -0.1) is 5.10 Å². The minimum atomic E-state index is 0.285. The third kappa shape index (κ3) is 4.11. The molecule has 1 saturated heterocycles. The second kappa shape index (κ2) is 8.72. The number of nitrogens with two attached hydrogens (primary N) is 2. The van der Waals surface area contributed by atoms with Crippen LogP contribution in [-0.4, -0.2) is 38.0 Å². The molecule has 5 rings (SSSR count). The van der Waals surface area contributed by atoms with Crippen molar-refractivity contribution in [2.24, 2.45) is 5.73 Å². The van der Waals surface area contributed by atoms with Gasteiger partial charge in [0, 0.05) is 53.9 Å². The van der Waals surface area contributed by atoms with E-state index in [1.807, 2.05) is 12.1 Å². The summed E-state index contributed by atoms with van der Waals surface area (Å²) in [5.74, 6) is 1.09. The number of aryl methyl sites for hydroxylation is 2. The number of aromatic nitrogens is 4. The normalized spacial score (nSPS) is 14.8. The molecule has 0 saturated carbocycles. The molecule has 1 fully saturated rings. The lowest BCUT2D eigenvalue weighted by molar-refractivity contribution is 0.0707. The van der Waals surface area contributed by atoms with Crippen LogP contribution in [0, 0.1) is 0 Å². The molecule has 0 radical (unpaired) electrons. The van der Waals surface area contributed by atoms with Crippen molar-refractivity contribution < 1.29 is 4.74 Å². The topological polar surface area (TPSA) is 108 Å². The minimum absolute atomic E-state index is 0.285. The zero-order chi connectivity index (χ0) is 22.1. The van der Waals surface area contributed by atoms with Crippen LogP contribution in [0.15, 0.2) is 48.7 Å². The van der Waals surface area contributed by atoms with Crippen LogP contribution in [0.1, 0.15) is 35.8 Å². The molecule has 0 aliphatic carbocycles. The molecule has 1 aliphatic rings. The molecule has 8 heteroatoms. The molecular formula is C24H26N6OS. The summed E-state index contributed by atoms with van der Waals surface area (Å²) in [5.41, 5.74) is 17.2. The number of thiocarbonyl (C=S) groups is 1. The highest BCUT2D eigenvalue weighted by molar-refractivity contribution is 7.80. The van der Waals surface area contributed by atoms with Crippen molar-refractivity contribution >= 4 is 34.1 Å². The lowest BCUT2D eigenvalue weighted by Crippen LogP contribution is -2.18.